The van der Waals surface area contributed by atoms with Crippen LogP contribution in [0, 0.1) is 16.0 Å². The van der Waals surface area contributed by atoms with Gasteiger partial charge in [0.2, 0.25) is 11.8 Å². The molecule has 3 heterocycles. The molecule has 8 nitrogen and oxygen atoms in total. The Morgan fingerprint density at radius 1 is 1.12 bits per heavy atom. The Morgan fingerprint density at radius 2 is 1.84 bits per heavy atom. The lowest BCUT2D eigenvalue weighted by Gasteiger charge is -2.47. The predicted octanol–water partition coefficient (Wildman–Crippen LogP) is 3.42. The van der Waals surface area contributed by atoms with Crippen LogP contribution in [0.25, 0.3) is 10.9 Å². The highest BCUT2D eigenvalue weighted by molar-refractivity contribution is 5.97. The zero-order valence-electron chi connectivity index (χ0n) is 17.9. The van der Waals surface area contributed by atoms with Crippen LogP contribution in [0.1, 0.15) is 36.7 Å². The molecule has 1 aromatic heterocycles. The minimum absolute atomic E-state index is 0.0119. The van der Waals surface area contributed by atoms with Crippen LogP contribution in [0.4, 0.5) is 5.69 Å². The number of aromatic nitrogens is 1. The topological polar surface area (TPSA) is 99.5 Å². The molecule has 0 radical (unpaired) electrons. The van der Waals surface area contributed by atoms with Crippen molar-refractivity contribution in [3.8, 4) is 0 Å². The number of nitrogens with one attached hydrogen (secondary N) is 1. The molecule has 0 saturated carbocycles. The van der Waals surface area contributed by atoms with E-state index in [4.69, 9.17) is 0 Å². The van der Waals surface area contributed by atoms with E-state index in [0.717, 1.165) is 27.7 Å². The smallest absolute Gasteiger partial charge is 0.269 e. The molecule has 2 aliphatic rings. The summed E-state index contributed by atoms with van der Waals surface area (Å²) in [5.74, 6) is 0.111. The molecule has 5 rings (SSSR count). The third-order valence-electron chi connectivity index (χ3n) is 6.35. The first-order valence-electron chi connectivity index (χ1n) is 10.8. The number of aromatic amines is 1. The Kier molecular flexibility index (Phi) is 4.73. The van der Waals surface area contributed by atoms with E-state index < -0.39 is 17.0 Å². The van der Waals surface area contributed by atoms with E-state index in [1.807, 2.05) is 38.1 Å². The van der Waals surface area contributed by atoms with Crippen LogP contribution in [0.5, 0.6) is 0 Å². The van der Waals surface area contributed by atoms with Gasteiger partial charge >= 0.3 is 0 Å². The second-order valence-electron chi connectivity index (χ2n) is 8.95. The van der Waals surface area contributed by atoms with Crippen molar-refractivity contribution in [1.82, 2.24) is 14.8 Å². The van der Waals surface area contributed by atoms with E-state index in [0.29, 0.717) is 13.0 Å². The second-order valence-corrected chi connectivity index (χ2v) is 8.95. The van der Waals surface area contributed by atoms with Gasteiger partial charge in [-0.05, 0) is 35.2 Å². The number of nitro benzene ring substituents is 1. The molecule has 1 fully saturated rings. The highest BCUT2D eigenvalue weighted by Crippen LogP contribution is 2.42. The third-order valence-corrected chi connectivity index (χ3v) is 6.35. The Morgan fingerprint density at radius 3 is 2.53 bits per heavy atom. The molecule has 2 aromatic carbocycles. The largest absolute Gasteiger partial charge is 0.356 e. The van der Waals surface area contributed by atoms with E-state index in [9.17, 15) is 19.7 Å². The van der Waals surface area contributed by atoms with Gasteiger partial charge in [0.25, 0.3) is 5.69 Å². The van der Waals surface area contributed by atoms with E-state index in [2.05, 4.69) is 4.98 Å². The van der Waals surface area contributed by atoms with Crippen LogP contribution in [-0.2, 0) is 16.0 Å². The Hall–Kier alpha value is -3.68. The number of rotatable bonds is 4. The van der Waals surface area contributed by atoms with Gasteiger partial charge in [-0.3, -0.25) is 19.7 Å². The van der Waals surface area contributed by atoms with Gasteiger partial charge in [-0.1, -0.05) is 32.0 Å². The van der Waals surface area contributed by atoms with Crippen molar-refractivity contribution in [2.45, 2.75) is 32.4 Å². The van der Waals surface area contributed by atoms with Crippen LogP contribution < -0.4 is 0 Å². The standard InChI is InChI=1S/C24H24N4O4/c1-14(2)12-26-13-21(29)27-20(24(26)30)11-18-17-5-3-4-6-19(17)25-22(18)23(27)15-7-9-16(10-8-15)28(31)32/h3-10,14,20,23,25H,11-13H2,1-2H3/t20-,23+/m0/s1. The number of piperazine rings is 1. The summed E-state index contributed by atoms with van der Waals surface area (Å²) < 4.78 is 0. The maximum atomic E-state index is 13.5. The molecule has 8 heteroatoms. The van der Waals surface area contributed by atoms with Crippen LogP contribution in [0.3, 0.4) is 0 Å². The molecule has 2 amide bonds. The number of hydrogen-bond acceptors (Lipinski definition) is 4. The first kappa shape index (κ1) is 20.2. The number of nitro groups is 1. The van der Waals surface area contributed by atoms with E-state index in [1.54, 1.807) is 21.9 Å². The van der Waals surface area contributed by atoms with Gasteiger partial charge in [0.15, 0.2) is 0 Å². The highest BCUT2D eigenvalue weighted by atomic mass is 16.6. The van der Waals surface area contributed by atoms with Gasteiger partial charge in [0.05, 0.1) is 17.5 Å². The molecule has 0 aliphatic carbocycles. The SMILES string of the molecule is CC(C)CN1CC(=O)N2[C@H](c3ccc([N+](=O)[O-])cc3)c3[nH]c4ccccc4c3C[C@H]2C1=O. The van der Waals surface area contributed by atoms with Crippen molar-refractivity contribution in [2.75, 3.05) is 13.1 Å². The van der Waals surface area contributed by atoms with Crippen molar-refractivity contribution in [3.63, 3.8) is 0 Å². The quantitative estimate of drug-likeness (QED) is 0.504. The normalized spacial score (nSPS) is 20.6. The molecular formula is C24H24N4O4. The number of non-ortho nitro benzene ring substituents is 1. The van der Waals surface area contributed by atoms with Gasteiger partial charge < -0.3 is 14.8 Å². The first-order chi connectivity index (χ1) is 15.3. The molecule has 1 saturated heterocycles. The molecule has 1 N–H and O–H groups in total. The molecule has 164 valence electrons. The van der Waals surface area contributed by atoms with Crippen molar-refractivity contribution >= 4 is 28.4 Å². The summed E-state index contributed by atoms with van der Waals surface area (Å²) in [6.45, 7) is 4.65. The molecule has 0 unspecified atom stereocenters. The average molecular weight is 432 g/mol. The minimum atomic E-state index is -0.595. The fourth-order valence-corrected chi connectivity index (χ4v) is 5.04. The zero-order valence-corrected chi connectivity index (χ0v) is 17.9. The number of nitrogens with zero attached hydrogens (tertiary/aromatic N) is 3. The summed E-state index contributed by atoms with van der Waals surface area (Å²) in [6.07, 6.45) is 0.446. The second kappa shape index (κ2) is 7.47. The van der Waals surface area contributed by atoms with Gasteiger partial charge in [-0.15, -0.1) is 0 Å². The third kappa shape index (κ3) is 3.14. The number of H-pyrrole nitrogens is 1. The fraction of sp³-hybridized carbons (Fsp3) is 0.333. The zero-order chi connectivity index (χ0) is 22.6. The van der Waals surface area contributed by atoms with Crippen molar-refractivity contribution in [3.05, 3.63) is 75.5 Å². The van der Waals surface area contributed by atoms with Crippen LogP contribution in [-0.4, -0.2) is 50.7 Å². The summed E-state index contributed by atoms with van der Waals surface area (Å²) in [5, 5.41) is 12.2. The fourth-order valence-electron chi connectivity index (χ4n) is 5.04. The molecular weight excluding hydrogens is 408 g/mol. The van der Waals surface area contributed by atoms with Crippen LogP contribution >= 0.6 is 0 Å². The van der Waals surface area contributed by atoms with Crippen molar-refractivity contribution < 1.29 is 14.5 Å². The molecule has 32 heavy (non-hydrogen) atoms. The summed E-state index contributed by atoms with van der Waals surface area (Å²) in [7, 11) is 0. The first-order valence-corrected chi connectivity index (χ1v) is 10.8. The van der Waals surface area contributed by atoms with Gasteiger partial charge in [-0.25, -0.2) is 0 Å². The summed E-state index contributed by atoms with van der Waals surface area (Å²) in [4.78, 5) is 44.3. The van der Waals surface area contributed by atoms with E-state index >= 15 is 0 Å². The Bertz CT molecular complexity index is 1230. The maximum Gasteiger partial charge on any atom is 0.269 e. The van der Waals surface area contributed by atoms with Crippen LogP contribution in [0.2, 0.25) is 0 Å². The number of hydrogen-bond donors (Lipinski definition) is 1. The van der Waals surface area contributed by atoms with Crippen molar-refractivity contribution in [1.29, 1.82) is 0 Å². The predicted molar refractivity (Wildman–Crippen MR) is 119 cm³/mol. The van der Waals surface area contributed by atoms with Crippen molar-refractivity contribution in [2.24, 2.45) is 5.92 Å². The average Bonchev–Trinajstić information content (AvgIpc) is 3.14. The lowest BCUT2D eigenvalue weighted by Crippen LogP contribution is -2.63. The molecule has 3 aromatic rings. The Labute approximate surface area is 185 Å². The summed E-state index contributed by atoms with van der Waals surface area (Å²) in [5.41, 5.74) is 3.57. The lowest BCUT2D eigenvalue weighted by atomic mass is 9.86. The Balaban J connectivity index is 1.66. The molecule has 0 bridgehead atoms. The molecule has 2 atom stereocenters. The monoisotopic (exact) mass is 432 g/mol. The number of amides is 2. The number of fused-ring (bicyclic) bond motifs is 4. The van der Waals surface area contributed by atoms with Gasteiger partial charge in [-0.2, -0.15) is 0 Å². The molecule has 0 spiro atoms. The lowest BCUT2D eigenvalue weighted by molar-refractivity contribution is -0.384. The molecule has 2 aliphatic heterocycles. The van der Waals surface area contributed by atoms with Crippen LogP contribution in [0.15, 0.2) is 48.5 Å². The number of carbonyl (C=O) groups excluding carboxylic acids is 2. The minimum Gasteiger partial charge on any atom is -0.356 e. The maximum absolute atomic E-state index is 13.5. The highest BCUT2D eigenvalue weighted by Gasteiger charge is 2.48. The number of para-hydroxylation sites is 1. The van der Waals surface area contributed by atoms with E-state index in [1.165, 1.54) is 12.1 Å². The number of benzene rings is 2. The summed E-state index contributed by atoms with van der Waals surface area (Å²) >= 11 is 0. The van der Waals surface area contributed by atoms with E-state index in [-0.39, 0.29) is 30.0 Å². The van der Waals surface area contributed by atoms with Gasteiger partial charge in [0.1, 0.15) is 6.04 Å². The number of carbonyl (C=O) groups is 2. The summed E-state index contributed by atoms with van der Waals surface area (Å²) in [6, 6.07) is 13.1. The van der Waals surface area contributed by atoms with Gasteiger partial charge in [0, 0.05) is 41.7 Å².